The molecule has 3 N–H and O–H groups in total. The quantitative estimate of drug-likeness (QED) is 0.616. The number of nitrogens with zero attached hydrogens (tertiary/aromatic N) is 4. The SMILES string of the molecule is CN(Cc1cscn1)C(=O)c1cnc(NN)cn1. The number of aromatic nitrogens is 3. The second kappa shape index (κ2) is 5.52. The van der Waals surface area contributed by atoms with E-state index < -0.39 is 0 Å². The first-order valence-electron chi connectivity index (χ1n) is 5.12. The van der Waals surface area contributed by atoms with Crippen molar-refractivity contribution in [1.29, 1.82) is 0 Å². The Bertz CT molecular complexity index is 512. The summed E-state index contributed by atoms with van der Waals surface area (Å²) in [4.78, 5) is 25.6. The average Bonchev–Trinajstić information content (AvgIpc) is 2.91. The van der Waals surface area contributed by atoms with Gasteiger partial charge < -0.3 is 10.3 Å². The first-order chi connectivity index (χ1) is 8.70. The number of nitrogen functional groups attached to an aromatic ring is 1. The topological polar surface area (TPSA) is 97.0 Å². The summed E-state index contributed by atoms with van der Waals surface area (Å²) in [6.07, 6.45) is 2.79. The Balaban J connectivity index is 2.05. The molecule has 0 aliphatic carbocycles. The van der Waals surface area contributed by atoms with Crippen molar-refractivity contribution in [2.75, 3.05) is 12.5 Å². The third-order valence-electron chi connectivity index (χ3n) is 2.25. The smallest absolute Gasteiger partial charge is 0.274 e. The number of thiazole rings is 1. The molecular weight excluding hydrogens is 252 g/mol. The highest BCUT2D eigenvalue weighted by molar-refractivity contribution is 7.07. The van der Waals surface area contributed by atoms with Gasteiger partial charge in [-0.3, -0.25) is 4.79 Å². The molecule has 0 aliphatic rings. The van der Waals surface area contributed by atoms with Gasteiger partial charge in [-0.05, 0) is 0 Å². The van der Waals surface area contributed by atoms with Crippen LogP contribution in [0.4, 0.5) is 5.82 Å². The minimum atomic E-state index is -0.209. The van der Waals surface area contributed by atoms with Crippen LogP contribution >= 0.6 is 11.3 Å². The first-order valence-corrected chi connectivity index (χ1v) is 6.06. The number of anilines is 1. The lowest BCUT2D eigenvalue weighted by Gasteiger charge is -2.15. The van der Waals surface area contributed by atoms with Crippen molar-refractivity contribution < 1.29 is 4.79 Å². The van der Waals surface area contributed by atoms with Crippen LogP contribution in [0, 0.1) is 0 Å². The molecule has 8 heteroatoms. The lowest BCUT2D eigenvalue weighted by molar-refractivity contribution is 0.0777. The molecule has 1 amide bonds. The summed E-state index contributed by atoms with van der Waals surface area (Å²) in [7, 11) is 1.69. The zero-order valence-corrected chi connectivity index (χ0v) is 10.5. The number of rotatable bonds is 4. The largest absolute Gasteiger partial charge is 0.334 e. The van der Waals surface area contributed by atoms with Gasteiger partial charge in [-0.15, -0.1) is 11.3 Å². The van der Waals surface area contributed by atoms with E-state index in [0.717, 1.165) is 5.69 Å². The molecule has 0 aromatic carbocycles. The minimum Gasteiger partial charge on any atom is -0.334 e. The van der Waals surface area contributed by atoms with Gasteiger partial charge in [0.25, 0.3) is 5.91 Å². The fourth-order valence-corrected chi connectivity index (χ4v) is 1.89. The number of hydrogen-bond acceptors (Lipinski definition) is 7. The maximum absolute atomic E-state index is 12.0. The van der Waals surface area contributed by atoms with E-state index >= 15 is 0 Å². The molecule has 0 spiro atoms. The Morgan fingerprint density at radius 2 is 2.28 bits per heavy atom. The number of carbonyl (C=O) groups is 1. The predicted molar refractivity (Wildman–Crippen MR) is 67.8 cm³/mol. The number of hydrazine groups is 1. The maximum Gasteiger partial charge on any atom is 0.274 e. The number of hydrogen-bond donors (Lipinski definition) is 2. The molecule has 2 heterocycles. The van der Waals surface area contributed by atoms with E-state index in [9.17, 15) is 4.79 Å². The molecule has 94 valence electrons. The fraction of sp³-hybridized carbons (Fsp3) is 0.200. The first kappa shape index (κ1) is 12.4. The second-order valence-electron chi connectivity index (χ2n) is 3.57. The van der Waals surface area contributed by atoms with Gasteiger partial charge >= 0.3 is 0 Å². The maximum atomic E-state index is 12.0. The summed E-state index contributed by atoms with van der Waals surface area (Å²) in [5.74, 6) is 5.37. The van der Waals surface area contributed by atoms with Crippen LogP contribution < -0.4 is 11.3 Å². The van der Waals surface area contributed by atoms with Gasteiger partial charge in [0.15, 0.2) is 5.82 Å². The molecule has 0 radical (unpaired) electrons. The molecule has 2 aromatic rings. The Kier molecular flexibility index (Phi) is 3.80. The highest BCUT2D eigenvalue weighted by atomic mass is 32.1. The summed E-state index contributed by atoms with van der Waals surface area (Å²) >= 11 is 1.49. The summed E-state index contributed by atoms with van der Waals surface area (Å²) in [5.41, 5.74) is 5.20. The molecule has 2 aromatic heterocycles. The molecule has 0 bridgehead atoms. The van der Waals surface area contributed by atoms with E-state index in [1.54, 1.807) is 12.6 Å². The second-order valence-corrected chi connectivity index (χ2v) is 4.29. The van der Waals surface area contributed by atoms with Gasteiger partial charge in [0.2, 0.25) is 0 Å². The number of nitrogens with one attached hydrogen (secondary N) is 1. The monoisotopic (exact) mass is 264 g/mol. The number of nitrogens with two attached hydrogens (primary N) is 1. The molecule has 0 unspecified atom stereocenters. The van der Waals surface area contributed by atoms with Gasteiger partial charge in [-0.25, -0.2) is 20.8 Å². The lowest BCUT2D eigenvalue weighted by Crippen LogP contribution is -2.27. The van der Waals surface area contributed by atoms with Gasteiger partial charge in [0.05, 0.1) is 30.1 Å². The number of carbonyl (C=O) groups excluding carboxylic acids is 1. The van der Waals surface area contributed by atoms with Crippen LogP contribution in [-0.4, -0.2) is 32.8 Å². The molecular formula is C10H12N6OS. The Hall–Kier alpha value is -2.06. The highest BCUT2D eigenvalue weighted by Gasteiger charge is 2.14. The van der Waals surface area contributed by atoms with E-state index in [-0.39, 0.29) is 11.6 Å². The van der Waals surface area contributed by atoms with Gasteiger partial charge in [0, 0.05) is 12.4 Å². The van der Waals surface area contributed by atoms with Crippen molar-refractivity contribution in [3.63, 3.8) is 0 Å². The van der Waals surface area contributed by atoms with Crippen molar-refractivity contribution in [2.45, 2.75) is 6.54 Å². The van der Waals surface area contributed by atoms with E-state index in [4.69, 9.17) is 5.84 Å². The predicted octanol–water partition coefficient (Wildman–Crippen LogP) is 0.491. The van der Waals surface area contributed by atoms with E-state index in [2.05, 4.69) is 20.4 Å². The highest BCUT2D eigenvalue weighted by Crippen LogP contribution is 2.07. The molecule has 7 nitrogen and oxygen atoms in total. The average molecular weight is 264 g/mol. The fourth-order valence-electron chi connectivity index (χ4n) is 1.34. The van der Waals surface area contributed by atoms with Crippen molar-refractivity contribution in [1.82, 2.24) is 19.9 Å². The van der Waals surface area contributed by atoms with Crippen LogP contribution in [0.5, 0.6) is 0 Å². The Labute approximate surface area is 108 Å². The van der Waals surface area contributed by atoms with Crippen molar-refractivity contribution in [3.05, 3.63) is 34.7 Å². The van der Waals surface area contributed by atoms with Crippen molar-refractivity contribution >= 4 is 23.1 Å². The van der Waals surface area contributed by atoms with Crippen LogP contribution in [0.1, 0.15) is 16.2 Å². The van der Waals surface area contributed by atoms with Gasteiger partial charge in [-0.2, -0.15) is 0 Å². The van der Waals surface area contributed by atoms with Crippen LogP contribution in [0.2, 0.25) is 0 Å². The summed E-state index contributed by atoms with van der Waals surface area (Å²) < 4.78 is 0. The summed E-state index contributed by atoms with van der Waals surface area (Å²) in [6.45, 7) is 0.445. The van der Waals surface area contributed by atoms with Crippen LogP contribution in [0.25, 0.3) is 0 Å². The standard InChI is InChI=1S/C10H12N6OS/c1-16(4-7-5-18-6-14-7)10(17)8-2-13-9(15-11)3-12-8/h2-3,5-6H,4,11H2,1H3,(H,13,15). The van der Waals surface area contributed by atoms with Crippen LogP contribution in [0.15, 0.2) is 23.3 Å². The van der Waals surface area contributed by atoms with Gasteiger partial charge in [-0.1, -0.05) is 0 Å². The van der Waals surface area contributed by atoms with E-state index in [1.165, 1.54) is 28.6 Å². The molecule has 18 heavy (non-hydrogen) atoms. The normalized spacial score (nSPS) is 10.1. The van der Waals surface area contributed by atoms with Crippen LogP contribution in [0.3, 0.4) is 0 Å². The Morgan fingerprint density at radius 1 is 1.44 bits per heavy atom. The Morgan fingerprint density at radius 3 is 2.83 bits per heavy atom. The zero-order chi connectivity index (χ0) is 13.0. The third-order valence-corrected chi connectivity index (χ3v) is 2.88. The molecule has 0 aliphatic heterocycles. The number of amides is 1. The van der Waals surface area contributed by atoms with Crippen molar-refractivity contribution in [3.8, 4) is 0 Å². The molecule has 2 rings (SSSR count). The summed E-state index contributed by atoms with van der Waals surface area (Å²) in [5, 5.41) is 1.90. The molecule has 0 saturated heterocycles. The van der Waals surface area contributed by atoms with Gasteiger partial charge in [0.1, 0.15) is 5.69 Å². The summed E-state index contributed by atoms with van der Waals surface area (Å²) in [6, 6.07) is 0. The molecule has 0 fully saturated rings. The zero-order valence-electron chi connectivity index (χ0n) is 9.70. The van der Waals surface area contributed by atoms with E-state index in [0.29, 0.717) is 12.4 Å². The third kappa shape index (κ3) is 2.79. The molecule has 0 saturated carbocycles. The lowest BCUT2D eigenvalue weighted by atomic mass is 10.3. The van der Waals surface area contributed by atoms with E-state index in [1.807, 2.05) is 5.38 Å². The van der Waals surface area contributed by atoms with Crippen LogP contribution in [-0.2, 0) is 6.54 Å². The minimum absolute atomic E-state index is 0.209. The molecule has 0 atom stereocenters. The van der Waals surface area contributed by atoms with Crippen molar-refractivity contribution in [2.24, 2.45) is 5.84 Å².